The van der Waals surface area contributed by atoms with Gasteiger partial charge >= 0.3 is 0 Å². The van der Waals surface area contributed by atoms with E-state index in [0.717, 1.165) is 51.3 Å². The van der Waals surface area contributed by atoms with Crippen LogP contribution >= 0.6 is 0 Å². The molecule has 2 N–H and O–H groups in total. The number of piperazine rings is 1. The summed E-state index contributed by atoms with van der Waals surface area (Å²) in [6.45, 7) is 7.65. The molecule has 6 heteroatoms. The van der Waals surface area contributed by atoms with Crippen LogP contribution in [0.1, 0.15) is 44.6 Å². The molecule has 4 bridgehead atoms. The standard InChI is InChI=1S/C23H34N4O2/c1-15-3-4-20(24-14-15)27-7-5-26(6-8-27)16(2)22(28)25-21-18-9-17-10-19(21)13-23(29,11-17)12-18/h3-4,14,16-19,21,29H,5-13H2,1-2H3,(H,25,28). The van der Waals surface area contributed by atoms with E-state index >= 15 is 0 Å². The number of anilines is 1. The van der Waals surface area contributed by atoms with Crippen molar-refractivity contribution in [2.24, 2.45) is 17.8 Å². The van der Waals surface area contributed by atoms with Crippen LogP contribution in [0.3, 0.4) is 0 Å². The Balaban J connectivity index is 1.16. The Labute approximate surface area is 173 Å². The summed E-state index contributed by atoms with van der Waals surface area (Å²) in [7, 11) is 0. The summed E-state index contributed by atoms with van der Waals surface area (Å²) in [5.74, 6) is 2.79. The summed E-state index contributed by atoms with van der Waals surface area (Å²) in [5.41, 5.74) is 0.735. The third-order valence-corrected chi connectivity index (χ3v) is 8.01. The highest BCUT2D eigenvalue weighted by atomic mass is 16.3. The lowest BCUT2D eigenvalue weighted by Gasteiger charge is -2.58. The predicted octanol–water partition coefficient (Wildman–Crippen LogP) is 1.96. The highest BCUT2D eigenvalue weighted by Crippen LogP contribution is 2.55. The van der Waals surface area contributed by atoms with Crippen LogP contribution in [0.15, 0.2) is 18.3 Å². The van der Waals surface area contributed by atoms with E-state index in [9.17, 15) is 9.90 Å². The molecule has 5 aliphatic rings. The van der Waals surface area contributed by atoms with Crippen LogP contribution < -0.4 is 10.2 Å². The van der Waals surface area contributed by atoms with Gasteiger partial charge in [0.1, 0.15) is 5.82 Å². The first-order valence-electron chi connectivity index (χ1n) is 11.3. The first-order valence-corrected chi connectivity index (χ1v) is 11.3. The summed E-state index contributed by atoms with van der Waals surface area (Å²) in [6, 6.07) is 4.34. The predicted molar refractivity (Wildman–Crippen MR) is 113 cm³/mol. The number of hydrogen-bond donors (Lipinski definition) is 2. The molecule has 2 heterocycles. The minimum Gasteiger partial charge on any atom is -0.390 e. The third-order valence-electron chi connectivity index (χ3n) is 8.01. The van der Waals surface area contributed by atoms with Gasteiger partial charge in [-0.1, -0.05) is 6.07 Å². The quantitative estimate of drug-likeness (QED) is 0.812. The van der Waals surface area contributed by atoms with Crippen LogP contribution in [0.5, 0.6) is 0 Å². The summed E-state index contributed by atoms with van der Waals surface area (Å²) in [4.78, 5) is 22.2. The molecule has 1 amide bonds. The zero-order valence-electron chi connectivity index (χ0n) is 17.7. The van der Waals surface area contributed by atoms with Crippen LogP contribution in [0.25, 0.3) is 0 Å². The van der Waals surface area contributed by atoms with E-state index in [4.69, 9.17) is 0 Å². The molecule has 5 fully saturated rings. The van der Waals surface area contributed by atoms with Crippen molar-refractivity contribution < 1.29 is 9.90 Å². The lowest BCUT2D eigenvalue weighted by Crippen LogP contribution is -2.63. The zero-order chi connectivity index (χ0) is 20.2. The molecule has 1 aromatic rings. The lowest BCUT2D eigenvalue weighted by molar-refractivity contribution is -0.148. The number of amides is 1. The molecule has 1 aliphatic heterocycles. The van der Waals surface area contributed by atoms with Gasteiger partial charge in [-0.05, 0) is 75.3 Å². The highest BCUT2D eigenvalue weighted by Gasteiger charge is 2.55. The number of nitrogens with one attached hydrogen (secondary N) is 1. The molecule has 158 valence electrons. The molecule has 1 aromatic heterocycles. The van der Waals surface area contributed by atoms with Crippen molar-refractivity contribution in [3.05, 3.63) is 23.9 Å². The van der Waals surface area contributed by atoms with Gasteiger partial charge in [0, 0.05) is 38.4 Å². The molecular formula is C23H34N4O2. The smallest absolute Gasteiger partial charge is 0.237 e. The summed E-state index contributed by atoms with van der Waals surface area (Å²) in [6.07, 6.45) is 7.01. The maximum atomic E-state index is 13.1. The Bertz CT molecular complexity index is 743. The molecule has 0 radical (unpaired) electrons. The number of carbonyl (C=O) groups excluding carboxylic acids is 1. The Morgan fingerprint density at radius 3 is 2.45 bits per heavy atom. The van der Waals surface area contributed by atoms with Gasteiger partial charge in [-0.3, -0.25) is 9.69 Å². The molecule has 3 atom stereocenters. The van der Waals surface area contributed by atoms with Crippen LogP contribution in [0.2, 0.25) is 0 Å². The zero-order valence-corrected chi connectivity index (χ0v) is 17.7. The second-order valence-electron chi connectivity index (χ2n) is 10.1. The number of aryl methyl sites for hydroxylation is 1. The van der Waals surface area contributed by atoms with Gasteiger partial charge < -0.3 is 15.3 Å². The van der Waals surface area contributed by atoms with Gasteiger partial charge in [-0.2, -0.15) is 0 Å². The summed E-state index contributed by atoms with van der Waals surface area (Å²) in [5, 5.41) is 14.2. The minimum atomic E-state index is -0.441. The molecule has 3 unspecified atom stereocenters. The van der Waals surface area contributed by atoms with Gasteiger partial charge in [-0.25, -0.2) is 4.98 Å². The normalized spacial score (nSPS) is 37.6. The van der Waals surface area contributed by atoms with E-state index in [0.29, 0.717) is 17.8 Å². The molecule has 4 saturated carbocycles. The van der Waals surface area contributed by atoms with Crippen molar-refractivity contribution in [1.29, 1.82) is 0 Å². The van der Waals surface area contributed by atoms with Crippen LogP contribution in [-0.4, -0.2) is 64.8 Å². The van der Waals surface area contributed by atoms with Crippen molar-refractivity contribution in [3.63, 3.8) is 0 Å². The van der Waals surface area contributed by atoms with Gasteiger partial charge in [0.2, 0.25) is 5.91 Å². The Kier molecular flexibility index (Phi) is 4.82. The fourth-order valence-electron chi connectivity index (χ4n) is 6.65. The largest absolute Gasteiger partial charge is 0.390 e. The van der Waals surface area contributed by atoms with E-state index in [1.54, 1.807) is 0 Å². The third kappa shape index (κ3) is 3.66. The second kappa shape index (κ2) is 7.24. The minimum absolute atomic E-state index is 0.108. The first kappa shape index (κ1) is 19.3. The van der Waals surface area contributed by atoms with E-state index < -0.39 is 5.60 Å². The van der Waals surface area contributed by atoms with Crippen molar-refractivity contribution in [1.82, 2.24) is 15.2 Å². The molecular weight excluding hydrogens is 364 g/mol. The van der Waals surface area contributed by atoms with Gasteiger partial charge in [0.05, 0.1) is 11.6 Å². The van der Waals surface area contributed by atoms with Crippen molar-refractivity contribution in [2.45, 2.75) is 63.6 Å². The maximum Gasteiger partial charge on any atom is 0.237 e. The van der Waals surface area contributed by atoms with E-state index in [1.807, 2.05) is 13.1 Å². The fourth-order valence-corrected chi connectivity index (χ4v) is 6.65. The van der Waals surface area contributed by atoms with Crippen LogP contribution in [-0.2, 0) is 4.79 Å². The highest BCUT2D eigenvalue weighted by molar-refractivity contribution is 5.81. The van der Waals surface area contributed by atoms with Crippen LogP contribution in [0.4, 0.5) is 5.82 Å². The van der Waals surface area contributed by atoms with E-state index in [-0.39, 0.29) is 18.0 Å². The number of aromatic nitrogens is 1. The Hall–Kier alpha value is -1.66. The molecule has 0 spiro atoms. The van der Waals surface area contributed by atoms with Crippen LogP contribution in [0, 0.1) is 24.7 Å². The average molecular weight is 399 g/mol. The second-order valence-corrected chi connectivity index (χ2v) is 10.1. The first-order chi connectivity index (χ1) is 13.9. The average Bonchev–Trinajstić information content (AvgIpc) is 2.69. The Morgan fingerprint density at radius 2 is 1.86 bits per heavy atom. The van der Waals surface area contributed by atoms with E-state index in [1.165, 1.54) is 18.4 Å². The number of carbonyl (C=O) groups is 1. The monoisotopic (exact) mass is 398 g/mol. The van der Waals surface area contributed by atoms with E-state index in [2.05, 4.69) is 39.2 Å². The number of hydrogen-bond acceptors (Lipinski definition) is 5. The number of aliphatic hydroxyl groups is 1. The summed E-state index contributed by atoms with van der Waals surface area (Å²) >= 11 is 0. The number of nitrogens with zero attached hydrogens (tertiary/aromatic N) is 3. The van der Waals surface area contributed by atoms with Gasteiger partial charge in [0.15, 0.2) is 0 Å². The molecule has 6 rings (SSSR count). The molecule has 6 nitrogen and oxygen atoms in total. The van der Waals surface area contributed by atoms with Crippen molar-refractivity contribution >= 4 is 11.7 Å². The molecule has 29 heavy (non-hydrogen) atoms. The van der Waals surface area contributed by atoms with Crippen molar-refractivity contribution in [2.75, 3.05) is 31.1 Å². The van der Waals surface area contributed by atoms with Gasteiger partial charge in [0.25, 0.3) is 0 Å². The molecule has 1 saturated heterocycles. The molecule has 0 aromatic carbocycles. The number of pyridine rings is 1. The SMILES string of the molecule is Cc1ccc(N2CCN(C(C)C(=O)NC3C4CC5CC3CC(O)(C5)C4)CC2)nc1. The maximum absolute atomic E-state index is 13.1. The Morgan fingerprint density at radius 1 is 1.17 bits per heavy atom. The lowest BCUT2D eigenvalue weighted by atomic mass is 9.52. The van der Waals surface area contributed by atoms with Gasteiger partial charge in [-0.15, -0.1) is 0 Å². The number of rotatable bonds is 4. The topological polar surface area (TPSA) is 68.7 Å². The fraction of sp³-hybridized carbons (Fsp3) is 0.739. The molecule has 4 aliphatic carbocycles. The van der Waals surface area contributed by atoms with Crippen molar-refractivity contribution in [3.8, 4) is 0 Å². The summed E-state index contributed by atoms with van der Waals surface area (Å²) < 4.78 is 0.